The normalized spacial score (nSPS) is 10.2. The van der Waals surface area contributed by atoms with Crippen molar-refractivity contribution in [2.75, 3.05) is 0 Å². The average molecular weight is 259 g/mol. The number of carbonyl (C=O) groups excluding carboxylic acids is 1. The molecule has 0 fully saturated rings. The Labute approximate surface area is 110 Å². The molecule has 0 aromatic heterocycles. The van der Waals surface area contributed by atoms with Crippen molar-refractivity contribution < 1.29 is 9.90 Å². The van der Waals surface area contributed by atoms with Gasteiger partial charge in [-0.3, -0.25) is 4.79 Å². The standard InChI is InChI=1S/C14H13NO2S/c15-14(17)11-6-4-10(5-7-11)9-18-13-3-1-2-12(16)8-13/h1-8,16H,9H2,(H2,15,17). The van der Waals surface area contributed by atoms with Crippen LogP contribution in [0.2, 0.25) is 0 Å². The van der Waals surface area contributed by atoms with Gasteiger partial charge in [-0.2, -0.15) is 0 Å². The zero-order valence-corrected chi connectivity index (χ0v) is 10.5. The first-order chi connectivity index (χ1) is 8.65. The molecule has 4 heteroatoms. The number of amides is 1. The second kappa shape index (κ2) is 5.60. The van der Waals surface area contributed by atoms with Crippen molar-refractivity contribution >= 4 is 17.7 Å². The summed E-state index contributed by atoms with van der Waals surface area (Å²) in [5.74, 6) is 0.633. The molecule has 3 N–H and O–H groups in total. The first-order valence-corrected chi connectivity index (χ1v) is 6.44. The van der Waals surface area contributed by atoms with Crippen molar-refractivity contribution in [3.05, 3.63) is 59.7 Å². The molecule has 0 spiro atoms. The number of carbonyl (C=O) groups is 1. The molecule has 0 bridgehead atoms. The van der Waals surface area contributed by atoms with Gasteiger partial charge in [0.25, 0.3) is 0 Å². The van der Waals surface area contributed by atoms with E-state index < -0.39 is 5.91 Å². The molecule has 0 saturated carbocycles. The van der Waals surface area contributed by atoms with E-state index in [1.165, 1.54) is 0 Å². The largest absolute Gasteiger partial charge is 0.508 e. The fourth-order valence-corrected chi connectivity index (χ4v) is 2.41. The van der Waals surface area contributed by atoms with Crippen LogP contribution in [0, 0.1) is 0 Å². The summed E-state index contributed by atoms with van der Waals surface area (Å²) < 4.78 is 0. The lowest BCUT2D eigenvalue weighted by Gasteiger charge is -2.03. The van der Waals surface area contributed by atoms with Gasteiger partial charge in [0.15, 0.2) is 0 Å². The van der Waals surface area contributed by atoms with Gasteiger partial charge in [0.1, 0.15) is 5.75 Å². The molecule has 0 unspecified atom stereocenters. The van der Waals surface area contributed by atoms with Crippen molar-refractivity contribution in [3.8, 4) is 5.75 Å². The molecular formula is C14H13NO2S. The Hall–Kier alpha value is -1.94. The van der Waals surface area contributed by atoms with Gasteiger partial charge in [-0.15, -0.1) is 11.8 Å². The first kappa shape index (κ1) is 12.5. The summed E-state index contributed by atoms with van der Waals surface area (Å²) in [4.78, 5) is 11.9. The van der Waals surface area contributed by atoms with E-state index in [1.807, 2.05) is 24.3 Å². The molecule has 1 amide bonds. The fourth-order valence-electron chi connectivity index (χ4n) is 1.51. The number of benzene rings is 2. The number of primary amides is 1. The van der Waals surface area contributed by atoms with E-state index in [0.29, 0.717) is 5.56 Å². The lowest BCUT2D eigenvalue weighted by atomic mass is 10.1. The maximum atomic E-state index is 10.9. The van der Waals surface area contributed by atoms with Gasteiger partial charge >= 0.3 is 0 Å². The molecule has 2 rings (SSSR count). The molecule has 2 aromatic carbocycles. The highest BCUT2D eigenvalue weighted by Crippen LogP contribution is 2.25. The lowest BCUT2D eigenvalue weighted by molar-refractivity contribution is 0.100. The van der Waals surface area contributed by atoms with Crippen molar-refractivity contribution in [1.82, 2.24) is 0 Å². The second-order valence-electron chi connectivity index (χ2n) is 3.85. The number of rotatable bonds is 4. The van der Waals surface area contributed by atoms with Gasteiger partial charge in [-0.1, -0.05) is 18.2 Å². The van der Waals surface area contributed by atoms with Crippen LogP contribution in [0.4, 0.5) is 0 Å². The van der Waals surface area contributed by atoms with Crippen molar-refractivity contribution in [1.29, 1.82) is 0 Å². The van der Waals surface area contributed by atoms with Crippen molar-refractivity contribution in [2.45, 2.75) is 10.6 Å². The van der Waals surface area contributed by atoms with Gasteiger partial charge in [-0.05, 0) is 35.9 Å². The molecule has 0 radical (unpaired) electrons. The predicted octanol–water partition coefficient (Wildman–Crippen LogP) is 2.78. The minimum absolute atomic E-state index is 0.268. The smallest absolute Gasteiger partial charge is 0.248 e. The topological polar surface area (TPSA) is 63.3 Å². The first-order valence-electron chi connectivity index (χ1n) is 5.46. The van der Waals surface area contributed by atoms with E-state index in [2.05, 4.69) is 0 Å². The summed E-state index contributed by atoms with van der Waals surface area (Å²) in [5, 5.41) is 9.34. The van der Waals surface area contributed by atoms with Crippen molar-refractivity contribution in [2.24, 2.45) is 5.73 Å². The Balaban J connectivity index is 2.00. The van der Waals surface area contributed by atoms with E-state index >= 15 is 0 Å². The van der Waals surface area contributed by atoms with Crippen LogP contribution in [0.1, 0.15) is 15.9 Å². The van der Waals surface area contributed by atoms with Gasteiger partial charge in [0, 0.05) is 16.2 Å². The van der Waals surface area contributed by atoms with Crippen LogP contribution >= 0.6 is 11.8 Å². The van der Waals surface area contributed by atoms with Crippen LogP contribution in [-0.4, -0.2) is 11.0 Å². The van der Waals surface area contributed by atoms with Crippen LogP contribution in [0.25, 0.3) is 0 Å². The molecule has 0 aliphatic carbocycles. The molecular weight excluding hydrogens is 246 g/mol. The number of hydrogen-bond donors (Lipinski definition) is 2. The summed E-state index contributed by atoms with van der Waals surface area (Å²) in [6.07, 6.45) is 0. The lowest BCUT2D eigenvalue weighted by Crippen LogP contribution is -2.10. The van der Waals surface area contributed by atoms with E-state index in [1.54, 1.807) is 36.0 Å². The highest BCUT2D eigenvalue weighted by atomic mass is 32.2. The molecule has 0 heterocycles. The van der Waals surface area contributed by atoms with Crippen LogP contribution in [0.15, 0.2) is 53.4 Å². The van der Waals surface area contributed by atoms with Crippen LogP contribution in [-0.2, 0) is 5.75 Å². The maximum absolute atomic E-state index is 10.9. The summed E-state index contributed by atoms with van der Waals surface area (Å²) in [6, 6.07) is 14.3. The predicted molar refractivity (Wildman–Crippen MR) is 72.6 cm³/mol. The van der Waals surface area contributed by atoms with E-state index in [0.717, 1.165) is 16.2 Å². The molecule has 0 saturated heterocycles. The SMILES string of the molecule is NC(=O)c1ccc(CSc2cccc(O)c2)cc1. The zero-order valence-electron chi connectivity index (χ0n) is 9.67. The number of phenolic OH excluding ortho intramolecular Hbond substituents is 1. The van der Waals surface area contributed by atoms with E-state index in [4.69, 9.17) is 5.73 Å². The second-order valence-corrected chi connectivity index (χ2v) is 4.90. The van der Waals surface area contributed by atoms with Crippen molar-refractivity contribution in [3.63, 3.8) is 0 Å². The number of hydrogen-bond acceptors (Lipinski definition) is 3. The quantitative estimate of drug-likeness (QED) is 0.830. The number of thioether (sulfide) groups is 1. The Morgan fingerprint density at radius 3 is 2.50 bits per heavy atom. The zero-order chi connectivity index (χ0) is 13.0. The minimum atomic E-state index is -0.415. The minimum Gasteiger partial charge on any atom is -0.508 e. The average Bonchev–Trinajstić information content (AvgIpc) is 2.37. The Bertz CT molecular complexity index is 552. The Morgan fingerprint density at radius 2 is 1.89 bits per heavy atom. The third kappa shape index (κ3) is 3.28. The van der Waals surface area contributed by atoms with E-state index in [-0.39, 0.29) is 5.75 Å². The molecule has 0 atom stereocenters. The highest BCUT2D eigenvalue weighted by molar-refractivity contribution is 7.98. The van der Waals surface area contributed by atoms with Gasteiger partial charge < -0.3 is 10.8 Å². The van der Waals surface area contributed by atoms with Gasteiger partial charge in [-0.25, -0.2) is 0 Å². The number of nitrogens with two attached hydrogens (primary N) is 1. The van der Waals surface area contributed by atoms with Gasteiger partial charge in [0.2, 0.25) is 5.91 Å². The molecule has 18 heavy (non-hydrogen) atoms. The number of phenols is 1. The van der Waals surface area contributed by atoms with Gasteiger partial charge in [0.05, 0.1) is 0 Å². The summed E-state index contributed by atoms with van der Waals surface area (Å²) >= 11 is 1.63. The number of aromatic hydroxyl groups is 1. The summed E-state index contributed by atoms with van der Waals surface area (Å²) in [6.45, 7) is 0. The highest BCUT2D eigenvalue weighted by Gasteiger charge is 2.01. The Kier molecular flexibility index (Phi) is 3.89. The van der Waals surface area contributed by atoms with Crippen LogP contribution in [0.3, 0.4) is 0 Å². The monoisotopic (exact) mass is 259 g/mol. The van der Waals surface area contributed by atoms with E-state index in [9.17, 15) is 9.90 Å². The molecule has 92 valence electrons. The third-order valence-corrected chi connectivity index (χ3v) is 3.53. The van der Waals surface area contributed by atoms with Crippen LogP contribution < -0.4 is 5.73 Å². The fraction of sp³-hybridized carbons (Fsp3) is 0.0714. The summed E-state index contributed by atoms with van der Waals surface area (Å²) in [5.41, 5.74) is 6.79. The Morgan fingerprint density at radius 1 is 1.17 bits per heavy atom. The third-order valence-electron chi connectivity index (χ3n) is 2.46. The summed E-state index contributed by atoms with van der Waals surface area (Å²) in [7, 11) is 0. The van der Waals surface area contributed by atoms with Crippen LogP contribution in [0.5, 0.6) is 5.75 Å². The molecule has 2 aromatic rings. The molecule has 3 nitrogen and oxygen atoms in total. The molecule has 0 aliphatic rings. The molecule has 0 aliphatic heterocycles. The maximum Gasteiger partial charge on any atom is 0.248 e.